The average Bonchev–Trinajstić information content (AvgIpc) is 2.67. The lowest BCUT2D eigenvalue weighted by molar-refractivity contribution is -0.0170. The summed E-state index contributed by atoms with van der Waals surface area (Å²) in [5.41, 5.74) is 0.144. The van der Waals surface area contributed by atoms with Gasteiger partial charge in [0.05, 0.1) is 6.10 Å². The van der Waals surface area contributed by atoms with Crippen molar-refractivity contribution >= 4 is 6.03 Å². The topological polar surface area (TPSA) is 44.8 Å². The zero-order valence-electron chi connectivity index (χ0n) is 17.0. The summed E-state index contributed by atoms with van der Waals surface area (Å²) in [7, 11) is 1.83. The smallest absolute Gasteiger partial charge is 0.317 e. The molecule has 5 nitrogen and oxygen atoms in total. The number of carbonyl (C=O) groups is 1. The second kappa shape index (κ2) is 7.22. The summed E-state index contributed by atoms with van der Waals surface area (Å²) >= 11 is 0. The number of amides is 2. The van der Waals surface area contributed by atoms with Crippen molar-refractivity contribution < 1.29 is 9.53 Å². The molecule has 2 heterocycles. The summed E-state index contributed by atoms with van der Waals surface area (Å²) in [5.74, 6) is 2.66. The van der Waals surface area contributed by atoms with Crippen LogP contribution in [-0.4, -0.2) is 66.8 Å². The lowest BCUT2D eigenvalue weighted by atomic mass is 9.53. The summed E-state index contributed by atoms with van der Waals surface area (Å²) in [6.45, 7) is 4.16. The number of carbonyl (C=O) groups excluding carboxylic acids is 1. The maximum absolute atomic E-state index is 13.0. The third-order valence-electron chi connectivity index (χ3n) is 8.49. The lowest BCUT2D eigenvalue weighted by Crippen LogP contribution is -2.62. The minimum absolute atomic E-state index is 0.144. The highest BCUT2D eigenvalue weighted by molar-refractivity contribution is 5.75. The molecule has 0 spiro atoms. The van der Waals surface area contributed by atoms with Crippen LogP contribution in [0.5, 0.6) is 0 Å². The van der Waals surface area contributed by atoms with Crippen LogP contribution in [0.4, 0.5) is 4.79 Å². The Kier molecular flexibility index (Phi) is 4.87. The zero-order valence-corrected chi connectivity index (χ0v) is 17.0. The molecule has 6 aliphatic rings. The van der Waals surface area contributed by atoms with Crippen LogP contribution in [0.1, 0.15) is 64.2 Å². The van der Waals surface area contributed by atoms with Gasteiger partial charge in [-0.05, 0) is 82.0 Å². The van der Waals surface area contributed by atoms with Gasteiger partial charge in [0.25, 0.3) is 0 Å². The Morgan fingerprint density at radius 3 is 1.96 bits per heavy atom. The van der Waals surface area contributed by atoms with Gasteiger partial charge in [0, 0.05) is 44.9 Å². The molecule has 6 rings (SSSR count). The molecule has 0 aromatic heterocycles. The third kappa shape index (κ3) is 3.62. The van der Waals surface area contributed by atoms with E-state index in [4.69, 9.17) is 4.74 Å². The summed E-state index contributed by atoms with van der Waals surface area (Å²) in [5, 5.41) is 3.56. The molecule has 0 atom stereocenters. The van der Waals surface area contributed by atoms with Crippen LogP contribution in [-0.2, 0) is 4.74 Å². The van der Waals surface area contributed by atoms with E-state index in [0.29, 0.717) is 12.1 Å². The summed E-state index contributed by atoms with van der Waals surface area (Å²) in [6.07, 6.45) is 13.1. The molecule has 5 heteroatoms. The first-order valence-electron chi connectivity index (χ1n) is 11.5. The van der Waals surface area contributed by atoms with E-state index in [2.05, 4.69) is 15.1 Å². The number of methoxy groups -OCH3 is 1. The molecule has 4 bridgehead atoms. The Bertz CT molecular complexity index is 514. The molecule has 152 valence electrons. The number of rotatable bonds is 3. The van der Waals surface area contributed by atoms with Crippen molar-refractivity contribution in [2.45, 2.75) is 81.9 Å². The number of ether oxygens (including phenoxy) is 1. The fourth-order valence-electron chi connectivity index (χ4n) is 7.48. The van der Waals surface area contributed by atoms with E-state index < -0.39 is 0 Å². The molecule has 4 aliphatic carbocycles. The Labute approximate surface area is 164 Å². The molecule has 0 unspecified atom stereocenters. The van der Waals surface area contributed by atoms with Gasteiger partial charge in [-0.25, -0.2) is 4.79 Å². The first-order valence-corrected chi connectivity index (χ1v) is 11.5. The Hall–Kier alpha value is -0.810. The maximum atomic E-state index is 13.0. The monoisotopic (exact) mass is 375 g/mol. The van der Waals surface area contributed by atoms with Crippen LogP contribution in [0.15, 0.2) is 0 Å². The summed E-state index contributed by atoms with van der Waals surface area (Å²) in [6, 6.07) is 0.889. The quantitative estimate of drug-likeness (QED) is 0.824. The number of piperidine rings is 2. The number of nitrogens with one attached hydrogen (secondary N) is 1. The number of hydrogen-bond acceptors (Lipinski definition) is 3. The van der Waals surface area contributed by atoms with Crippen molar-refractivity contribution in [1.29, 1.82) is 0 Å². The molecule has 6 fully saturated rings. The normalized spacial score (nSPS) is 40.5. The van der Waals surface area contributed by atoms with E-state index in [0.717, 1.165) is 69.6 Å². The molecule has 1 N–H and O–H groups in total. The fraction of sp³-hybridized carbons (Fsp3) is 0.955. The van der Waals surface area contributed by atoms with Crippen molar-refractivity contribution in [3.63, 3.8) is 0 Å². The molecule has 2 saturated heterocycles. The Morgan fingerprint density at radius 1 is 0.889 bits per heavy atom. The van der Waals surface area contributed by atoms with E-state index in [1.54, 1.807) is 0 Å². The Balaban J connectivity index is 1.12. The number of urea groups is 1. The number of likely N-dealkylation sites (tertiary alicyclic amines) is 2. The Morgan fingerprint density at radius 2 is 1.44 bits per heavy atom. The second-order valence-electron chi connectivity index (χ2n) is 10.3. The van der Waals surface area contributed by atoms with Crippen molar-refractivity contribution in [2.24, 2.45) is 17.8 Å². The van der Waals surface area contributed by atoms with E-state index in [9.17, 15) is 4.79 Å². The van der Waals surface area contributed by atoms with Gasteiger partial charge in [0.2, 0.25) is 0 Å². The molecule has 0 aromatic rings. The molecule has 4 saturated carbocycles. The van der Waals surface area contributed by atoms with Gasteiger partial charge in [-0.15, -0.1) is 0 Å². The average molecular weight is 376 g/mol. The van der Waals surface area contributed by atoms with Crippen LogP contribution >= 0.6 is 0 Å². The lowest BCUT2D eigenvalue weighted by Gasteiger charge is -2.57. The van der Waals surface area contributed by atoms with Crippen molar-refractivity contribution in [1.82, 2.24) is 15.1 Å². The molecule has 2 aliphatic heterocycles. The molecule has 2 amide bonds. The van der Waals surface area contributed by atoms with Gasteiger partial charge in [-0.2, -0.15) is 0 Å². The SMILES string of the molecule is COC1CCN(C2CCN(C(=O)NC34CC5CC(CC(C5)C3)C4)CC2)CC1. The predicted octanol–water partition coefficient (Wildman–Crippen LogP) is 3.24. The minimum Gasteiger partial charge on any atom is -0.381 e. The minimum atomic E-state index is 0.144. The maximum Gasteiger partial charge on any atom is 0.317 e. The molecule has 0 aromatic carbocycles. The van der Waals surface area contributed by atoms with Gasteiger partial charge in [0.1, 0.15) is 0 Å². The fourth-order valence-corrected chi connectivity index (χ4v) is 7.48. The van der Waals surface area contributed by atoms with E-state index in [1.165, 1.54) is 38.5 Å². The van der Waals surface area contributed by atoms with Gasteiger partial charge >= 0.3 is 6.03 Å². The van der Waals surface area contributed by atoms with Gasteiger partial charge in [0.15, 0.2) is 0 Å². The van der Waals surface area contributed by atoms with E-state index >= 15 is 0 Å². The van der Waals surface area contributed by atoms with Crippen LogP contribution in [0.25, 0.3) is 0 Å². The van der Waals surface area contributed by atoms with E-state index in [1.807, 2.05) is 7.11 Å². The van der Waals surface area contributed by atoms with Crippen LogP contribution < -0.4 is 5.32 Å². The van der Waals surface area contributed by atoms with Crippen LogP contribution in [0, 0.1) is 17.8 Å². The van der Waals surface area contributed by atoms with Gasteiger partial charge in [-0.1, -0.05) is 0 Å². The third-order valence-corrected chi connectivity index (χ3v) is 8.49. The summed E-state index contributed by atoms with van der Waals surface area (Å²) in [4.78, 5) is 17.8. The van der Waals surface area contributed by atoms with Gasteiger partial charge < -0.3 is 19.9 Å². The van der Waals surface area contributed by atoms with Crippen LogP contribution in [0.2, 0.25) is 0 Å². The highest BCUT2D eigenvalue weighted by Gasteiger charge is 2.51. The van der Waals surface area contributed by atoms with Crippen molar-refractivity contribution in [3.05, 3.63) is 0 Å². The number of hydrogen-bond donors (Lipinski definition) is 1. The molecule has 27 heavy (non-hydrogen) atoms. The van der Waals surface area contributed by atoms with Gasteiger partial charge in [-0.3, -0.25) is 0 Å². The largest absolute Gasteiger partial charge is 0.381 e. The molecular formula is C22H37N3O2. The standard InChI is InChI=1S/C22H37N3O2/c1-27-20-4-8-24(9-5-20)19-2-6-25(7-3-19)21(26)23-22-13-16-10-17(14-22)12-18(11-16)15-22/h16-20H,2-15H2,1H3,(H,23,26). The van der Waals surface area contributed by atoms with Crippen LogP contribution in [0.3, 0.4) is 0 Å². The first-order chi connectivity index (χ1) is 13.1. The first kappa shape index (κ1) is 18.2. The zero-order chi connectivity index (χ0) is 18.4. The molecule has 0 radical (unpaired) electrons. The highest BCUT2D eigenvalue weighted by atomic mass is 16.5. The molecular weight excluding hydrogens is 338 g/mol. The van der Waals surface area contributed by atoms with E-state index in [-0.39, 0.29) is 11.6 Å². The highest BCUT2D eigenvalue weighted by Crippen LogP contribution is 2.55. The predicted molar refractivity (Wildman–Crippen MR) is 106 cm³/mol. The summed E-state index contributed by atoms with van der Waals surface area (Å²) < 4.78 is 5.50. The van der Waals surface area contributed by atoms with Crippen molar-refractivity contribution in [3.8, 4) is 0 Å². The van der Waals surface area contributed by atoms with Crippen molar-refractivity contribution in [2.75, 3.05) is 33.3 Å². The number of nitrogens with zero attached hydrogens (tertiary/aromatic N) is 2. The second-order valence-corrected chi connectivity index (χ2v) is 10.3.